The third kappa shape index (κ3) is 3.43. The predicted molar refractivity (Wildman–Crippen MR) is 85.2 cm³/mol. The van der Waals surface area contributed by atoms with Gasteiger partial charge >= 0.3 is 0 Å². The lowest BCUT2D eigenvalue weighted by molar-refractivity contribution is 0.690. The van der Waals surface area contributed by atoms with Crippen molar-refractivity contribution in [3.05, 3.63) is 56.8 Å². The van der Waals surface area contributed by atoms with Crippen LogP contribution >= 0.6 is 34.3 Å². The molecule has 0 aliphatic heterocycles. The van der Waals surface area contributed by atoms with Gasteiger partial charge in [0.2, 0.25) is 0 Å². The van der Waals surface area contributed by atoms with Crippen LogP contribution in [0, 0.1) is 0 Å². The largest absolute Gasteiger partial charge is 0.306 e. The normalized spacial score (nSPS) is 10.8. The monoisotopic (exact) mass is 321 g/mol. The number of thiophene rings is 1. The molecule has 0 bridgehead atoms. The van der Waals surface area contributed by atoms with Crippen molar-refractivity contribution in [2.24, 2.45) is 0 Å². The number of hydrogen-bond acceptors (Lipinski definition) is 5. The Morgan fingerprint density at radius 3 is 2.85 bits per heavy atom. The zero-order chi connectivity index (χ0) is 13.8. The third-order valence-corrected chi connectivity index (χ3v) is 4.81. The molecule has 0 unspecified atom stereocenters. The van der Waals surface area contributed by atoms with Gasteiger partial charge in [0.25, 0.3) is 0 Å². The van der Waals surface area contributed by atoms with Crippen LogP contribution in [0.5, 0.6) is 0 Å². The fourth-order valence-electron chi connectivity index (χ4n) is 1.76. The highest BCUT2D eigenvalue weighted by atomic mass is 35.5. The van der Waals surface area contributed by atoms with Gasteiger partial charge in [-0.2, -0.15) is 0 Å². The van der Waals surface area contributed by atoms with Crippen molar-refractivity contribution in [2.75, 3.05) is 0 Å². The first-order valence-electron chi connectivity index (χ1n) is 6.12. The number of hydrogen-bond donors (Lipinski definition) is 1. The van der Waals surface area contributed by atoms with Crippen LogP contribution in [0.1, 0.15) is 10.6 Å². The maximum atomic E-state index is 5.90. The minimum absolute atomic E-state index is 0.749. The average molecular weight is 322 g/mol. The van der Waals surface area contributed by atoms with Crippen molar-refractivity contribution in [3.63, 3.8) is 0 Å². The Kier molecular flexibility index (Phi) is 4.42. The molecule has 0 aliphatic carbocycles. The fourth-order valence-corrected chi connectivity index (χ4v) is 3.61. The van der Waals surface area contributed by atoms with E-state index in [0.29, 0.717) is 0 Å². The van der Waals surface area contributed by atoms with Crippen LogP contribution in [-0.2, 0) is 13.1 Å². The number of pyridine rings is 1. The van der Waals surface area contributed by atoms with Crippen molar-refractivity contribution in [1.29, 1.82) is 0 Å². The lowest BCUT2D eigenvalue weighted by Gasteiger charge is -1.99. The van der Waals surface area contributed by atoms with Crippen LogP contribution < -0.4 is 5.32 Å². The SMILES string of the molecule is Clc1ccc(CNCc2csc(-c3ccccn3)n2)s1. The van der Waals surface area contributed by atoms with E-state index in [1.54, 1.807) is 28.9 Å². The Bertz CT molecular complexity index is 679. The molecule has 0 saturated carbocycles. The Hall–Kier alpha value is -1.27. The standard InChI is InChI=1S/C14H12ClN3S2/c15-13-5-4-11(20-13)8-16-7-10-9-19-14(18-10)12-3-1-2-6-17-12/h1-6,9,16H,7-8H2. The van der Waals surface area contributed by atoms with Crippen LogP contribution in [0.25, 0.3) is 10.7 Å². The maximum Gasteiger partial charge on any atom is 0.142 e. The molecule has 0 aromatic carbocycles. The van der Waals surface area contributed by atoms with Gasteiger partial charge in [-0.25, -0.2) is 4.98 Å². The van der Waals surface area contributed by atoms with Gasteiger partial charge in [-0.15, -0.1) is 22.7 Å². The molecule has 3 rings (SSSR count). The Labute approximate surface area is 130 Å². The highest BCUT2D eigenvalue weighted by molar-refractivity contribution is 7.16. The molecule has 0 radical (unpaired) electrons. The Balaban J connectivity index is 1.58. The second kappa shape index (κ2) is 6.45. The summed E-state index contributed by atoms with van der Waals surface area (Å²) in [5.41, 5.74) is 1.96. The molecule has 102 valence electrons. The fraction of sp³-hybridized carbons (Fsp3) is 0.143. The number of aromatic nitrogens is 2. The molecule has 0 saturated heterocycles. The van der Waals surface area contributed by atoms with Crippen LogP contribution in [0.4, 0.5) is 0 Å². The van der Waals surface area contributed by atoms with Crippen molar-refractivity contribution in [2.45, 2.75) is 13.1 Å². The summed E-state index contributed by atoms with van der Waals surface area (Å²) in [5.74, 6) is 0. The molecule has 3 aromatic rings. The highest BCUT2D eigenvalue weighted by Crippen LogP contribution is 2.22. The molecule has 3 heterocycles. The molecule has 3 aromatic heterocycles. The lowest BCUT2D eigenvalue weighted by atomic mass is 10.3. The van der Waals surface area contributed by atoms with E-state index in [-0.39, 0.29) is 0 Å². The predicted octanol–water partition coefficient (Wildman–Crippen LogP) is 4.21. The average Bonchev–Trinajstić information content (AvgIpc) is 3.09. The molecule has 0 spiro atoms. The smallest absolute Gasteiger partial charge is 0.142 e. The Morgan fingerprint density at radius 1 is 1.15 bits per heavy atom. The van der Waals surface area contributed by atoms with Crippen LogP contribution in [0.15, 0.2) is 41.9 Å². The van der Waals surface area contributed by atoms with Gasteiger partial charge in [0, 0.05) is 29.5 Å². The van der Waals surface area contributed by atoms with E-state index in [1.807, 2.05) is 30.3 Å². The summed E-state index contributed by atoms with van der Waals surface area (Å²) in [5, 5.41) is 6.40. The minimum atomic E-state index is 0.749. The van der Waals surface area contributed by atoms with Gasteiger partial charge in [-0.3, -0.25) is 4.98 Å². The van der Waals surface area contributed by atoms with E-state index in [9.17, 15) is 0 Å². The van der Waals surface area contributed by atoms with Gasteiger partial charge < -0.3 is 5.32 Å². The molecule has 0 aliphatic rings. The van der Waals surface area contributed by atoms with Gasteiger partial charge in [0.05, 0.1) is 15.7 Å². The van der Waals surface area contributed by atoms with E-state index in [0.717, 1.165) is 33.8 Å². The zero-order valence-electron chi connectivity index (χ0n) is 10.5. The van der Waals surface area contributed by atoms with E-state index in [1.165, 1.54) is 4.88 Å². The lowest BCUT2D eigenvalue weighted by Crippen LogP contribution is -2.11. The minimum Gasteiger partial charge on any atom is -0.306 e. The first kappa shape index (κ1) is 13.7. The van der Waals surface area contributed by atoms with E-state index in [4.69, 9.17) is 11.6 Å². The van der Waals surface area contributed by atoms with E-state index in [2.05, 4.69) is 20.7 Å². The summed E-state index contributed by atoms with van der Waals surface area (Å²) in [6, 6.07) is 9.82. The van der Waals surface area contributed by atoms with Crippen molar-refractivity contribution in [1.82, 2.24) is 15.3 Å². The Morgan fingerprint density at radius 2 is 2.10 bits per heavy atom. The molecular formula is C14H12ClN3S2. The van der Waals surface area contributed by atoms with Gasteiger partial charge in [0.1, 0.15) is 5.01 Å². The van der Waals surface area contributed by atoms with Crippen LogP contribution in [0.3, 0.4) is 0 Å². The van der Waals surface area contributed by atoms with Crippen molar-refractivity contribution < 1.29 is 0 Å². The summed E-state index contributed by atoms with van der Waals surface area (Å²) in [4.78, 5) is 10.1. The first-order chi connectivity index (χ1) is 9.81. The molecule has 0 atom stereocenters. The summed E-state index contributed by atoms with van der Waals surface area (Å²) < 4.78 is 0.827. The number of halogens is 1. The molecule has 0 fully saturated rings. The van der Waals surface area contributed by atoms with Crippen molar-refractivity contribution in [3.8, 4) is 10.7 Å². The molecule has 0 amide bonds. The summed E-state index contributed by atoms with van der Waals surface area (Å²) in [6.07, 6.45) is 1.79. The number of nitrogens with one attached hydrogen (secondary N) is 1. The van der Waals surface area contributed by atoms with E-state index >= 15 is 0 Å². The number of rotatable bonds is 5. The molecule has 20 heavy (non-hydrogen) atoms. The third-order valence-electron chi connectivity index (χ3n) is 2.67. The molecule has 6 heteroatoms. The number of nitrogens with zero attached hydrogens (tertiary/aromatic N) is 2. The highest BCUT2D eigenvalue weighted by Gasteiger charge is 2.05. The van der Waals surface area contributed by atoms with Gasteiger partial charge in [-0.1, -0.05) is 17.7 Å². The number of thiazole rings is 1. The van der Waals surface area contributed by atoms with Crippen LogP contribution in [-0.4, -0.2) is 9.97 Å². The van der Waals surface area contributed by atoms with Gasteiger partial charge in [-0.05, 0) is 24.3 Å². The topological polar surface area (TPSA) is 37.8 Å². The molecule has 1 N–H and O–H groups in total. The quantitative estimate of drug-likeness (QED) is 0.765. The van der Waals surface area contributed by atoms with Gasteiger partial charge in [0.15, 0.2) is 0 Å². The summed E-state index contributed by atoms with van der Waals surface area (Å²) in [6.45, 7) is 1.56. The van der Waals surface area contributed by atoms with Crippen molar-refractivity contribution >= 4 is 34.3 Å². The summed E-state index contributed by atoms with van der Waals surface area (Å²) >= 11 is 9.12. The van der Waals surface area contributed by atoms with E-state index < -0.39 is 0 Å². The second-order valence-corrected chi connectivity index (χ2v) is 6.83. The second-order valence-electron chi connectivity index (χ2n) is 4.17. The molecular weight excluding hydrogens is 310 g/mol. The zero-order valence-corrected chi connectivity index (χ0v) is 12.9. The molecule has 3 nitrogen and oxygen atoms in total. The van der Waals surface area contributed by atoms with Crippen LogP contribution in [0.2, 0.25) is 4.34 Å². The first-order valence-corrected chi connectivity index (χ1v) is 8.19. The summed E-state index contributed by atoms with van der Waals surface area (Å²) in [7, 11) is 0. The maximum absolute atomic E-state index is 5.90.